The van der Waals surface area contributed by atoms with Gasteiger partial charge < -0.3 is 15.4 Å². The van der Waals surface area contributed by atoms with E-state index < -0.39 is 5.92 Å². The molecule has 6 heteroatoms. The maximum atomic E-state index is 12.9. The molecule has 4 nitrogen and oxygen atoms in total. The normalized spacial score (nSPS) is 28.0. The molecule has 0 aromatic heterocycles. The molecule has 2 rings (SSSR count). The number of urea groups is 1. The molecule has 1 saturated heterocycles. The van der Waals surface area contributed by atoms with Crippen molar-refractivity contribution >= 4 is 6.03 Å². The Bertz CT molecular complexity index is 284. The van der Waals surface area contributed by atoms with Crippen LogP contribution in [0.3, 0.4) is 0 Å². The topological polar surface area (TPSA) is 50.4 Å². The summed E-state index contributed by atoms with van der Waals surface area (Å²) in [6.07, 6.45) is 2.53. The molecular weight excluding hydrogens is 242 g/mol. The summed E-state index contributed by atoms with van der Waals surface area (Å²) in [5, 5.41) is 5.47. The molecule has 0 radical (unpaired) electrons. The van der Waals surface area contributed by atoms with Gasteiger partial charge in [0.2, 0.25) is 5.92 Å². The largest absolute Gasteiger partial charge is 0.376 e. The quantitative estimate of drug-likeness (QED) is 0.817. The number of halogens is 2. The highest BCUT2D eigenvalue weighted by atomic mass is 19.3. The molecule has 0 spiro atoms. The third-order valence-corrected chi connectivity index (χ3v) is 3.57. The lowest BCUT2D eigenvalue weighted by Gasteiger charge is -2.28. The van der Waals surface area contributed by atoms with E-state index in [2.05, 4.69) is 10.6 Å². The molecule has 1 aliphatic carbocycles. The molecule has 2 N–H and O–H groups in total. The zero-order chi connectivity index (χ0) is 13.0. The molecule has 104 valence electrons. The number of ether oxygens (including phenoxy) is 1. The van der Waals surface area contributed by atoms with E-state index in [1.807, 2.05) is 0 Å². The van der Waals surface area contributed by atoms with Crippen molar-refractivity contribution in [2.24, 2.45) is 0 Å². The van der Waals surface area contributed by atoms with Gasteiger partial charge in [0.15, 0.2) is 0 Å². The zero-order valence-electron chi connectivity index (χ0n) is 10.4. The van der Waals surface area contributed by atoms with E-state index in [1.54, 1.807) is 0 Å². The average molecular weight is 262 g/mol. The number of nitrogens with one attached hydrogen (secondary N) is 2. The summed E-state index contributed by atoms with van der Waals surface area (Å²) in [6, 6.07) is -0.408. The van der Waals surface area contributed by atoms with Crippen LogP contribution in [0, 0.1) is 0 Å². The van der Waals surface area contributed by atoms with Gasteiger partial charge in [-0.3, -0.25) is 0 Å². The van der Waals surface area contributed by atoms with Crippen molar-refractivity contribution in [3.63, 3.8) is 0 Å². The van der Waals surface area contributed by atoms with Crippen LogP contribution >= 0.6 is 0 Å². The first-order valence-corrected chi connectivity index (χ1v) is 6.59. The van der Waals surface area contributed by atoms with Gasteiger partial charge in [-0.2, -0.15) is 0 Å². The summed E-state index contributed by atoms with van der Waals surface area (Å²) in [7, 11) is 0. The van der Waals surface area contributed by atoms with Gasteiger partial charge in [-0.25, -0.2) is 13.6 Å². The molecule has 1 heterocycles. The second-order valence-corrected chi connectivity index (χ2v) is 5.12. The van der Waals surface area contributed by atoms with Crippen molar-refractivity contribution in [3.05, 3.63) is 0 Å². The summed E-state index contributed by atoms with van der Waals surface area (Å²) in [4.78, 5) is 11.6. The van der Waals surface area contributed by atoms with Gasteiger partial charge >= 0.3 is 6.03 Å². The molecule has 0 bridgehead atoms. The Morgan fingerprint density at radius 3 is 2.61 bits per heavy atom. The van der Waals surface area contributed by atoms with Gasteiger partial charge in [-0.15, -0.1) is 0 Å². The molecule has 1 unspecified atom stereocenters. The van der Waals surface area contributed by atoms with E-state index in [9.17, 15) is 13.6 Å². The fraction of sp³-hybridized carbons (Fsp3) is 0.917. The van der Waals surface area contributed by atoms with Crippen LogP contribution in [0.25, 0.3) is 0 Å². The van der Waals surface area contributed by atoms with E-state index in [1.165, 1.54) is 0 Å². The number of hydrogen-bond donors (Lipinski definition) is 2. The average Bonchev–Trinajstić information content (AvgIpc) is 2.82. The smallest absolute Gasteiger partial charge is 0.315 e. The number of alkyl halides is 2. The van der Waals surface area contributed by atoms with Gasteiger partial charge in [-0.05, 0) is 25.7 Å². The minimum atomic E-state index is -2.55. The zero-order valence-corrected chi connectivity index (χ0v) is 10.4. The van der Waals surface area contributed by atoms with Crippen LogP contribution in [-0.2, 0) is 4.74 Å². The number of carbonyl (C=O) groups excluding carboxylic acids is 1. The third-order valence-electron chi connectivity index (χ3n) is 3.57. The van der Waals surface area contributed by atoms with Crippen LogP contribution in [0.2, 0.25) is 0 Å². The van der Waals surface area contributed by atoms with E-state index >= 15 is 0 Å². The molecule has 1 atom stereocenters. The maximum absolute atomic E-state index is 12.9. The lowest BCUT2D eigenvalue weighted by atomic mass is 9.92. The third kappa shape index (κ3) is 4.08. The number of amides is 2. The van der Waals surface area contributed by atoms with Crippen LogP contribution in [-0.4, -0.2) is 37.3 Å². The second-order valence-electron chi connectivity index (χ2n) is 5.12. The SMILES string of the molecule is O=C(NCC1CCCO1)NC1CCC(F)(F)CC1. The first-order valence-electron chi connectivity index (χ1n) is 6.59. The van der Waals surface area contributed by atoms with Gasteiger partial charge in [0, 0.05) is 32.0 Å². The molecular formula is C12H20F2N2O2. The Balaban J connectivity index is 1.62. The summed E-state index contributed by atoms with van der Waals surface area (Å²) in [5.41, 5.74) is 0. The summed E-state index contributed by atoms with van der Waals surface area (Å²) in [5.74, 6) is -2.55. The van der Waals surface area contributed by atoms with E-state index in [-0.39, 0.29) is 31.0 Å². The van der Waals surface area contributed by atoms with Gasteiger partial charge in [0.05, 0.1) is 6.10 Å². The lowest BCUT2D eigenvalue weighted by Crippen LogP contribution is -2.46. The number of carbonyl (C=O) groups is 1. The van der Waals surface area contributed by atoms with Crippen LogP contribution in [0.4, 0.5) is 13.6 Å². The van der Waals surface area contributed by atoms with Crippen LogP contribution in [0.15, 0.2) is 0 Å². The summed E-state index contributed by atoms with van der Waals surface area (Å²) < 4.78 is 31.2. The predicted octanol–water partition coefficient (Wildman–Crippen LogP) is 2.04. The Hall–Kier alpha value is -0.910. The van der Waals surface area contributed by atoms with Crippen molar-refractivity contribution < 1.29 is 18.3 Å². The van der Waals surface area contributed by atoms with Crippen LogP contribution in [0.1, 0.15) is 38.5 Å². The molecule has 18 heavy (non-hydrogen) atoms. The van der Waals surface area contributed by atoms with Crippen LogP contribution in [0.5, 0.6) is 0 Å². The Morgan fingerprint density at radius 2 is 2.00 bits per heavy atom. The van der Waals surface area contributed by atoms with Crippen molar-refractivity contribution in [2.45, 2.75) is 56.6 Å². The fourth-order valence-corrected chi connectivity index (χ4v) is 2.43. The Labute approximate surface area is 105 Å². The van der Waals surface area contributed by atoms with E-state index in [4.69, 9.17) is 4.74 Å². The molecule has 0 aromatic rings. The predicted molar refractivity (Wildman–Crippen MR) is 62.7 cm³/mol. The molecule has 2 aliphatic rings. The van der Waals surface area contributed by atoms with Crippen molar-refractivity contribution in [1.82, 2.24) is 10.6 Å². The molecule has 2 amide bonds. The monoisotopic (exact) mass is 262 g/mol. The Kier molecular flexibility index (Phi) is 4.37. The van der Waals surface area contributed by atoms with Gasteiger partial charge in [0.25, 0.3) is 0 Å². The fourth-order valence-electron chi connectivity index (χ4n) is 2.43. The van der Waals surface area contributed by atoms with E-state index in [0.717, 1.165) is 19.4 Å². The molecule has 2 fully saturated rings. The lowest BCUT2D eigenvalue weighted by molar-refractivity contribution is -0.0395. The molecule has 0 aromatic carbocycles. The number of hydrogen-bond acceptors (Lipinski definition) is 2. The minimum absolute atomic E-state index is 0.103. The Morgan fingerprint density at radius 1 is 1.28 bits per heavy atom. The van der Waals surface area contributed by atoms with Gasteiger partial charge in [0.1, 0.15) is 0 Å². The van der Waals surface area contributed by atoms with Gasteiger partial charge in [-0.1, -0.05) is 0 Å². The molecule has 1 saturated carbocycles. The standard InChI is InChI=1S/C12H20F2N2O2/c13-12(14)5-3-9(4-6-12)16-11(17)15-8-10-2-1-7-18-10/h9-10H,1-8H2,(H2,15,16,17). The highest BCUT2D eigenvalue weighted by Crippen LogP contribution is 2.32. The second kappa shape index (κ2) is 5.82. The minimum Gasteiger partial charge on any atom is -0.376 e. The summed E-state index contributed by atoms with van der Waals surface area (Å²) in [6.45, 7) is 1.25. The van der Waals surface area contributed by atoms with Crippen molar-refractivity contribution in [3.8, 4) is 0 Å². The van der Waals surface area contributed by atoms with Crippen LogP contribution < -0.4 is 10.6 Å². The first kappa shape index (κ1) is 13.5. The summed E-state index contributed by atoms with van der Waals surface area (Å²) >= 11 is 0. The number of rotatable bonds is 3. The van der Waals surface area contributed by atoms with E-state index in [0.29, 0.717) is 19.4 Å². The first-order chi connectivity index (χ1) is 8.55. The highest BCUT2D eigenvalue weighted by molar-refractivity contribution is 5.74. The van der Waals surface area contributed by atoms with Crippen molar-refractivity contribution in [1.29, 1.82) is 0 Å². The highest BCUT2D eigenvalue weighted by Gasteiger charge is 2.35. The van der Waals surface area contributed by atoms with Crippen molar-refractivity contribution in [2.75, 3.05) is 13.2 Å². The molecule has 1 aliphatic heterocycles. The maximum Gasteiger partial charge on any atom is 0.315 e.